The SMILES string of the molecule is O=C(O)[C@@H](Sc1ccnc(-c2ccccc2)n1)c1ccccc1. The van der Waals surface area contributed by atoms with Crippen LogP contribution in [0.4, 0.5) is 0 Å². The number of nitrogens with zero attached hydrogens (tertiary/aromatic N) is 2. The second-order valence-electron chi connectivity index (χ2n) is 4.83. The van der Waals surface area contributed by atoms with Crippen molar-refractivity contribution in [1.29, 1.82) is 0 Å². The Morgan fingerprint density at radius 1 is 0.957 bits per heavy atom. The number of thioether (sulfide) groups is 1. The molecule has 1 aromatic heterocycles. The van der Waals surface area contributed by atoms with Gasteiger partial charge >= 0.3 is 5.97 Å². The van der Waals surface area contributed by atoms with Crippen LogP contribution in [0.3, 0.4) is 0 Å². The highest BCUT2D eigenvalue weighted by Gasteiger charge is 2.21. The molecule has 1 N–H and O–H groups in total. The third kappa shape index (κ3) is 3.76. The molecule has 114 valence electrons. The summed E-state index contributed by atoms with van der Waals surface area (Å²) in [5.41, 5.74) is 1.64. The van der Waals surface area contributed by atoms with E-state index in [9.17, 15) is 9.90 Å². The van der Waals surface area contributed by atoms with Gasteiger partial charge in [0, 0.05) is 11.8 Å². The van der Waals surface area contributed by atoms with Crippen molar-refractivity contribution in [2.45, 2.75) is 10.3 Å². The van der Waals surface area contributed by atoms with E-state index in [1.54, 1.807) is 12.3 Å². The predicted molar refractivity (Wildman–Crippen MR) is 90.1 cm³/mol. The third-order valence-corrected chi connectivity index (χ3v) is 4.41. The number of carboxylic acids is 1. The second-order valence-corrected chi connectivity index (χ2v) is 5.96. The number of carboxylic acid groups (broad SMARTS) is 1. The molecule has 0 spiro atoms. The number of rotatable bonds is 5. The van der Waals surface area contributed by atoms with Crippen LogP contribution in [0.25, 0.3) is 11.4 Å². The lowest BCUT2D eigenvalue weighted by Crippen LogP contribution is -2.08. The molecular formula is C18H14N2O2S. The van der Waals surface area contributed by atoms with Crippen LogP contribution in [0.2, 0.25) is 0 Å². The van der Waals surface area contributed by atoms with Gasteiger partial charge in [0.15, 0.2) is 5.82 Å². The van der Waals surface area contributed by atoms with E-state index in [4.69, 9.17) is 0 Å². The fourth-order valence-corrected chi connectivity index (χ4v) is 3.06. The first-order valence-electron chi connectivity index (χ1n) is 7.07. The fourth-order valence-electron chi connectivity index (χ4n) is 2.14. The molecule has 2 aromatic carbocycles. The van der Waals surface area contributed by atoms with Gasteiger partial charge in [0.25, 0.3) is 0 Å². The summed E-state index contributed by atoms with van der Waals surface area (Å²) in [5.74, 6) is -0.297. The fraction of sp³-hybridized carbons (Fsp3) is 0.0556. The van der Waals surface area contributed by atoms with Crippen LogP contribution >= 0.6 is 11.8 Å². The Hall–Kier alpha value is -2.66. The van der Waals surface area contributed by atoms with Crippen LogP contribution in [0.15, 0.2) is 78.0 Å². The number of carbonyl (C=O) groups is 1. The average molecular weight is 322 g/mol. The molecule has 0 aliphatic heterocycles. The second kappa shape index (κ2) is 7.07. The van der Waals surface area contributed by atoms with Gasteiger partial charge in [-0.2, -0.15) is 0 Å². The first kappa shape index (κ1) is 15.2. The minimum Gasteiger partial charge on any atom is -0.480 e. The van der Waals surface area contributed by atoms with Crippen LogP contribution in [0, 0.1) is 0 Å². The molecule has 0 aliphatic rings. The smallest absolute Gasteiger partial charge is 0.321 e. The summed E-state index contributed by atoms with van der Waals surface area (Å²) in [6.45, 7) is 0. The molecule has 4 nitrogen and oxygen atoms in total. The maximum Gasteiger partial charge on any atom is 0.321 e. The lowest BCUT2D eigenvalue weighted by molar-refractivity contribution is -0.136. The van der Waals surface area contributed by atoms with Crippen molar-refractivity contribution in [3.05, 3.63) is 78.5 Å². The Morgan fingerprint density at radius 3 is 2.26 bits per heavy atom. The van der Waals surface area contributed by atoms with E-state index < -0.39 is 11.2 Å². The van der Waals surface area contributed by atoms with Crippen molar-refractivity contribution in [2.75, 3.05) is 0 Å². The summed E-state index contributed by atoms with van der Waals surface area (Å²) in [5, 5.41) is 9.45. The van der Waals surface area contributed by atoms with Crippen LogP contribution in [0.5, 0.6) is 0 Å². The van der Waals surface area contributed by atoms with Crippen molar-refractivity contribution >= 4 is 17.7 Å². The van der Waals surface area contributed by atoms with E-state index in [1.807, 2.05) is 60.7 Å². The zero-order chi connectivity index (χ0) is 16.1. The molecule has 3 rings (SSSR count). The highest BCUT2D eigenvalue weighted by molar-refractivity contribution is 8.00. The van der Waals surface area contributed by atoms with Gasteiger partial charge in [-0.05, 0) is 11.6 Å². The number of hydrogen-bond acceptors (Lipinski definition) is 4. The monoisotopic (exact) mass is 322 g/mol. The number of aliphatic carboxylic acids is 1. The molecule has 3 aromatic rings. The molecule has 5 heteroatoms. The normalized spacial score (nSPS) is 11.8. The van der Waals surface area contributed by atoms with E-state index in [2.05, 4.69) is 9.97 Å². The van der Waals surface area contributed by atoms with E-state index >= 15 is 0 Å². The van der Waals surface area contributed by atoms with Crippen molar-refractivity contribution in [3.8, 4) is 11.4 Å². The highest BCUT2D eigenvalue weighted by Crippen LogP contribution is 2.34. The molecule has 0 aliphatic carbocycles. The quantitative estimate of drug-likeness (QED) is 0.567. The molecule has 0 bridgehead atoms. The molecule has 1 atom stereocenters. The Balaban J connectivity index is 1.88. The lowest BCUT2D eigenvalue weighted by atomic mass is 10.1. The van der Waals surface area contributed by atoms with E-state index in [0.717, 1.165) is 11.1 Å². The third-order valence-electron chi connectivity index (χ3n) is 3.23. The zero-order valence-corrected chi connectivity index (χ0v) is 13.0. The maximum atomic E-state index is 11.6. The van der Waals surface area contributed by atoms with Gasteiger partial charge in [-0.25, -0.2) is 9.97 Å². The summed E-state index contributed by atoms with van der Waals surface area (Å²) in [7, 11) is 0. The first-order chi connectivity index (χ1) is 11.2. The largest absolute Gasteiger partial charge is 0.480 e. The zero-order valence-electron chi connectivity index (χ0n) is 12.2. The summed E-state index contributed by atoms with van der Waals surface area (Å²) in [6, 6.07) is 20.5. The van der Waals surface area contributed by atoms with Crippen molar-refractivity contribution in [1.82, 2.24) is 9.97 Å². The Morgan fingerprint density at radius 2 is 1.61 bits per heavy atom. The molecular weight excluding hydrogens is 308 g/mol. The lowest BCUT2D eigenvalue weighted by Gasteiger charge is -2.12. The minimum absolute atomic E-state index is 0.591. The standard InChI is InChI=1S/C18H14N2O2S/c21-18(22)16(13-7-3-1-4-8-13)23-15-11-12-19-17(20-15)14-9-5-2-6-10-14/h1-12,16H,(H,21,22)/t16-/m0/s1. The van der Waals surface area contributed by atoms with Gasteiger partial charge in [0.1, 0.15) is 10.3 Å². The topological polar surface area (TPSA) is 63.1 Å². The molecule has 23 heavy (non-hydrogen) atoms. The Kier molecular flexibility index (Phi) is 4.68. The van der Waals surface area contributed by atoms with Gasteiger partial charge in [0.05, 0.1) is 0 Å². The summed E-state index contributed by atoms with van der Waals surface area (Å²) < 4.78 is 0. The molecule has 0 radical (unpaired) electrons. The molecule has 0 amide bonds. The van der Waals surface area contributed by atoms with Gasteiger partial charge < -0.3 is 5.11 Å². The molecule has 0 saturated heterocycles. The molecule has 1 heterocycles. The molecule has 0 saturated carbocycles. The van der Waals surface area contributed by atoms with E-state index in [0.29, 0.717) is 10.9 Å². The summed E-state index contributed by atoms with van der Waals surface area (Å²) in [4.78, 5) is 20.3. The van der Waals surface area contributed by atoms with Crippen LogP contribution in [0.1, 0.15) is 10.8 Å². The van der Waals surface area contributed by atoms with Crippen LogP contribution in [-0.4, -0.2) is 21.0 Å². The molecule has 0 fully saturated rings. The summed E-state index contributed by atoms with van der Waals surface area (Å²) in [6.07, 6.45) is 1.65. The Labute approximate surface area is 138 Å². The molecule has 0 unspecified atom stereocenters. The van der Waals surface area contributed by atoms with Crippen LogP contribution in [-0.2, 0) is 4.79 Å². The maximum absolute atomic E-state index is 11.6. The van der Waals surface area contributed by atoms with Crippen molar-refractivity contribution in [3.63, 3.8) is 0 Å². The number of hydrogen-bond donors (Lipinski definition) is 1. The Bertz CT molecular complexity index is 794. The number of benzene rings is 2. The summed E-state index contributed by atoms with van der Waals surface area (Å²) >= 11 is 1.21. The number of aromatic nitrogens is 2. The van der Waals surface area contributed by atoms with E-state index in [-0.39, 0.29) is 0 Å². The average Bonchev–Trinajstić information content (AvgIpc) is 2.61. The van der Waals surface area contributed by atoms with E-state index in [1.165, 1.54) is 11.8 Å². The van der Waals surface area contributed by atoms with Gasteiger partial charge in [-0.15, -0.1) is 0 Å². The predicted octanol–water partition coefficient (Wildman–Crippen LogP) is 4.06. The highest BCUT2D eigenvalue weighted by atomic mass is 32.2. The minimum atomic E-state index is -0.888. The first-order valence-corrected chi connectivity index (χ1v) is 7.95. The van der Waals surface area contributed by atoms with Gasteiger partial charge in [-0.3, -0.25) is 4.79 Å². The van der Waals surface area contributed by atoms with Crippen molar-refractivity contribution in [2.24, 2.45) is 0 Å². The van der Waals surface area contributed by atoms with Gasteiger partial charge in [0.2, 0.25) is 0 Å². The van der Waals surface area contributed by atoms with Gasteiger partial charge in [-0.1, -0.05) is 72.4 Å². The van der Waals surface area contributed by atoms with Crippen molar-refractivity contribution < 1.29 is 9.90 Å². The van der Waals surface area contributed by atoms with Crippen LogP contribution < -0.4 is 0 Å².